The van der Waals surface area contributed by atoms with Gasteiger partial charge >= 0.3 is 0 Å². The summed E-state index contributed by atoms with van der Waals surface area (Å²) in [4.78, 5) is 9.27. The fourth-order valence-corrected chi connectivity index (χ4v) is 3.32. The monoisotopic (exact) mass is 379 g/mol. The zero-order valence-corrected chi connectivity index (χ0v) is 16.8. The van der Waals surface area contributed by atoms with Crippen LogP contribution in [0.15, 0.2) is 47.5 Å². The first kappa shape index (κ1) is 19.9. The normalized spacial score (nSPS) is 11.5. The molecule has 0 atom stereocenters. The number of aromatic nitrogens is 2. The van der Waals surface area contributed by atoms with Crippen LogP contribution >= 0.6 is 0 Å². The molecule has 5 heteroatoms. The zero-order valence-electron chi connectivity index (χ0n) is 16.8. The van der Waals surface area contributed by atoms with E-state index in [1.807, 2.05) is 18.2 Å². The maximum Gasteiger partial charge on any atom is 0.230 e. The standard InChI is InChI=1S/C23H29N3O2/c1-3-4-5-6-7-10-15-26-21-12-9-8-11-20(21)25-23(26)24-17-18-16-19(28-2)13-14-22(18)27/h8-9,11-14,16-17,27H,3-7,10,15H2,1-2H3. The van der Waals surface area contributed by atoms with E-state index in [1.54, 1.807) is 31.5 Å². The number of ether oxygens (including phenoxy) is 1. The number of aryl methyl sites for hydroxylation is 1. The van der Waals surface area contributed by atoms with Gasteiger partial charge in [-0.05, 0) is 36.8 Å². The van der Waals surface area contributed by atoms with E-state index < -0.39 is 0 Å². The van der Waals surface area contributed by atoms with Gasteiger partial charge in [-0.25, -0.2) is 9.98 Å². The zero-order chi connectivity index (χ0) is 19.8. The molecule has 1 N–H and O–H groups in total. The molecular formula is C23H29N3O2. The van der Waals surface area contributed by atoms with Crippen LogP contribution in [0.5, 0.6) is 11.5 Å². The summed E-state index contributed by atoms with van der Waals surface area (Å²) in [5.74, 6) is 1.51. The average Bonchev–Trinajstić information content (AvgIpc) is 3.07. The minimum absolute atomic E-state index is 0.170. The molecule has 0 saturated heterocycles. The highest BCUT2D eigenvalue weighted by Crippen LogP contribution is 2.25. The summed E-state index contributed by atoms with van der Waals surface area (Å²) in [7, 11) is 1.60. The summed E-state index contributed by atoms with van der Waals surface area (Å²) >= 11 is 0. The van der Waals surface area contributed by atoms with Gasteiger partial charge in [0.2, 0.25) is 5.95 Å². The Hall–Kier alpha value is -2.82. The van der Waals surface area contributed by atoms with Gasteiger partial charge in [0.1, 0.15) is 11.5 Å². The van der Waals surface area contributed by atoms with Gasteiger partial charge in [-0.3, -0.25) is 0 Å². The number of aliphatic imine (C=N–C) groups is 1. The number of phenolic OH excluding ortho intramolecular Hbond substituents is 1. The minimum atomic E-state index is 0.170. The fraction of sp³-hybridized carbons (Fsp3) is 0.391. The number of unbranched alkanes of at least 4 members (excludes halogenated alkanes) is 5. The van der Waals surface area contributed by atoms with Gasteiger partial charge < -0.3 is 14.4 Å². The maximum atomic E-state index is 10.1. The van der Waals surface area contributed by atoms with Crippen LogP contribution < -0.4 is 4.74 Å². The molecule has 0 radical (unpaired) electrons. The van der Waals surface area contributed by atoms with Crippen LogP contribution in [0.1, 0.15) is 51.0 Å². The fourth-order valence-electron chi connectivity index (χ4n) is 3.32. The quantitative estimate of drug-likeness (QED) is 0.354. The van der Waals surface area contributed by atoms with Crippen molar-refractivity contribution in [3.63, 3.8) is 0 Å². The largest absolute Gasteiger partial charge is 0.507 e. The van der Waals surface area contributed by atoms with Gasteiger partial charge in [-0.15, -0.1) is 0 Å². The molecule has 0 spiro atoms. The molecule has 0 amide bonds. The molecule has 0 aliphatic heterocycles. The molecule has 0 fully saturated rings. The average molecular weight is 380 g/mol. The third-order valence-electron chi connectivity index (χ3n) is 4.92. The lowest BCUT2D eigenvalue weighted by Gasteiger charge is -2.07. The lowest BCUT2D eigenvalue weighted by Crippen LogP contribution is -1.98. The van der Waals surface area contributed by atoms with E-state index >= 15 is 0 Å². The minimum Gasteiger partial charge on any atom is -0.507 e. The van der Waals surface area contributed by atoms with Gasteiger partial charge in [0.15, 0.2) is 0 Å². The molecule has 1 aromatic heterocycles. The van der Waals surface area contributed by atoms with Gasteiger partial charge in [0.05, 0.1) is 18.1 Å². The second-order valence-electron chi connectivity index (χ2n) is 7.00. The van der Waals surface area contributed by atoms with E-state index in [9.17, 15) is 5.11 Å². The summed E-state index contributed by atoms with van der Waals surface area (Å²) in [5.41, 5.74) is 2.64. The van der Waals surface area contributed by atoms with Crippen molar-refractivity contribution in [3.8, 4) is 11.5 Å². The molecule has 5 nitrogen and oxygen atoms in total. The number of hydrogen-bond acceptors (Lipinski definition) is 4. The number of fused-ring (bicyclic) bond motifs is 1. The molecule has 3 aromatic rings. The van der Waals surface area contributed by atoms with Crippen LogP contribution in [0.4, 0.5) is 5.95 Å². The summed E-state index contributed by atoms with van der Waals surface area (Å²) in [6.07, 6.45) is 9.13. The number of nitrogens with zero attached hydrogens (tertiary/aromatic N) is 3. The van der Waals surface area contributed by atoms with Crippen LogP contribution in [-0.2, 0) is 6.54 Å². The summed E-state index contributed by atoms with van der Waals surface area (Å²) in [5, 5.41) is 10.1. The highest BCUT2D eigenvalue weighted by molar-refractivity contribution is 5.86. The molecule has 1 heterocycles. The van der Waals surface area contributed by atoms with Crippen molar-refractivity contribution in [3.05, 3.63) is 48.0 Å². The van der Waals surface area contributed by atoms with E-state index in [4.69, 9.17) is 4.74 Å². The number of benzene rings is 2. The van der Waals surface area contributed by atoms with Gasteiger partial charge in [-0.1, -0.05) is 51.2 Å². The van der Waals surface area contributed by atoms with Crippen molar-refractivity contribution >= 4 is 23.2 Å². The van der Waals surface area contributed by atoms with Crippen LogP contribution in [0.3, 0.4) is 0 Å². The van der Waals surface area contributed by atoms with Gasteiger partial charge in [0.25, 0.3) is 0 Å². The van der Waals surface area contributed by atoms with Crippen molar-refractivity contribution in [1.29, 1.82) is 0 Å². The van der Waals surface area contributed by atoms with E-state index in [2.05, 4.69) is 27.5 Å². The number of para-hydroxylation sites is 2. The molecule has 0 unspecified atom stereocenters. The Bertz CT molecular complexity index is 931. The van der Waals surface area contributed by atoms with Crippen molar-refractivity contribution < 1.29 is 9.84 Å². The van der Waals surface area contributed by atoms with Crippen LogP contribution in [0, 0.1) is 0 Å². The molecule has 148 valence electrons. The first-order chi connectivity index (χ1) is 13.7. The Morgan fingerprint density at radius 1 is 1.07 bits per heavy atom. The summed E-state index contributed by atoms with van der Waals surface area (Å²) in [6, 6.07) is 13.2. The highest BCUT2D eigenvalue weighted by Gasteiger charge is 2.09. The Labute approximate surface area is 166 Å². The van der Waals surface area contributed by atoms with Crippen molar-refractivity contribution in [2.24, 2.45) is 4.99 Å². The van der Waals surface area contributed by atoms with Crippen LogP contribution in [0.25, 0.3) is 11.0 Å². The second-order valence-corrected chi connectivity index (χ2v) is 7.00. The molecule has 3 rings (SSSR count). The molecule has 0 aliphatic rings. The second kappa shape index (κ2) is 9.93. The first-order valence-corrected chi connectivity index (χ1v) is 10.1. The smallest absolute Gasteiger partial charge is 0.230 e. The SMILES string of the molecule is CCCCCCCCn1c(N=Cc2cc(OC)ccc2O)nc2ccccc21. The first-order valence-electron chi connectivity index (χ1n) is 10.1. The number of imidazole rings is 1. The lowest BCUT2D eigenvalue weighted by atomic mass is 10.1. The lowest BCUT2D eigenvalue weighted by molar-refractivity contribution is 0.412. The van der Waals surface area contributed by atoms with Crippen molar-refractivity contribution in [2.75, 3.05) is 7.11 Å². The third-order valence-corrected chi connectivity index (χ3v) is 4.92. The Morgan fingerprint density at radius 3 is 2.68 bits per heavy atom. The molecule has 28 heavy (non-hydrogen) atoms. The number of methoxy groups -OCH3 is 1. The molecular weight excluding hydrogens is 350 g/mol. The van der Waals surface area contributed by atoms with E-state index in [-0.39, 0.29) is 5.75 Å². The van der Waals surface area contributed by atoms with Gasteiger partial charge in [0, 0.05) is 18.3 Å². The van der Waals surface area contributed by atoms with E-state index in [0.29, 0.717) is 17.3 Å². The van der Waals surface area contributed by atoms with Crippen LogP contribution in [-0.4, -0.2) is 28.0 Å². The van der Waals surface area contributed by atoms with Gasteiger partial charge in [-0.2, -0.15) is 0 Å². The third kappa shape index (κ3) is 4.91. The number of rotatable bonds is 10. The summed E-state index contributed by atoms with van der Waals surface area (Å²) in [6.45, 7) is 3.13. The van der Waals surface area contributed by atoms with E-state index in [0.717, 1.165) is 24.0 Å². The van der Waals surface area contributed by atoms with Crippen LogP contribution in [0.2, 0.25) is 0 Å². The highest BCUT2D eigenvalue weighted by atomic mass is 16.5. The topological polar surface area (TPSA) is 59.6 Å². The predicted molar refractivity (Wildman–Crippen MR) is 115 cm³/mol. The molecule has 0 saturated carbocycles. The Morgan fingerprint density at radius 2 is 1.86 bits per heavy atom. The predicted octanol–water partition coefficient (Wildman–Crippen LogP) is 5.86. The number of hydrogen-bond donors (Lipinski definition) is 1. The number of phenols is 1. The van der Waals surface area contributed by atoms with E-state index in [1.165, 1.54) is 32.1 Å². The number of aromatic hydroxyl groups is 1. The molecule has 0 bridgehead atoms. The Kier molecular flexibility index (Phi) is 7.06. The summed E-state index contributed by atoms with van der Waals surface area (Å²) < 4.78 is 7.40. The molecule has 2 aromatic carbocycles. The van der Waals surface area contributed by atoms with Crippen molar-refractivity contribution in [1.82, 2.24) is 9.55 Å². The van der Waals surface area contributed by atoms with Crippen molar-refractivity contribution in [2.45, 2.75) is 52.0 Å². The molecule has 0 aliphatic carbocycles. The maximum absolute atomic E-state index is 10.1. The Balaban J connectivity index is 1.80.